The summed E-state index contributed by atoms with van der Waals surface area (Å²) in [6.45, 7) is 2.29. The van der Waals surface area contributed by atoms with Gasteiger partial charge < -0.3 is 24.6 Å². The lowest BCUT2D eigenvalue weighted by Gasteiger charge is -2.44. The minimum atomic E-state index is -0.549. The van der Waals surface area contributed by atoms with E-state index >= 15 is 0 Å². The highest BCUT2D eigenvalue weighted by molar-refractivity contribution is 6.31. The second-order valence-corrected chi connectivity index (χ2v) is 9.39. The highest BCUT2D eigenvalue weighted by atomic mass is 35.5. The first kappa shape index (κ1) is 24.9. The van der Waals surface area contributed by atoms with Crippen LogP contribution < -0.4 is 10.1 Å². The number of hydrogen-bond acceptors (Lipinski definition) is 6. The number of fused-ring (bicyclic) bond motifs is 1. The molecular weight excluding hydrogens is 456 g/mol. The number of aliphatic hydroxyl groups is 1. The molecule has 0 radical (unpaired) electrons. The number of aliphatic hydroxyl groups excluding tert-OH is 1. The minimum absolute atomic E-state index is 0.0550. The van der Waals surface area contributed by atoms with Gasteiger partial charge >= 0.3 is 0 Å². The van der Waals surface area contributed by atoms with Gasteiger partial charge in [0.1, 0.15) is 5.75 Å². The number of nitrogens with zero attached hydrogens (tertiary/aromatic N) is 1. The Morgan fingerprint density at radius 2 is 1.97 bits per heavy atom. The number of carbonyl (C=O) groups is 1. The van der Waals surface area contributed by atoms with Gasteiger partial charge in [0.05, 0.1) is 45.1 Å². The molecule has 2 aliphatic rings. The second kappa shape index (κ2) is 12.0. The molecule has 1 amide bonds. The summed E-state index contributed by atoms with van der Waals surface area (Å²) in [6, 6.07) is 15.6. The first-order chi connectivity index (χ1) is 16.5. The van der Waals surface area contributed by atoms with Crippen LogP contribution in [0, 0.1) is 0 Å². The van der Waals surface area contributed by atoms with E-state index in [9.17, 15) is 9.90 Å². The molecule has 8 heteroatoms. The Bertz CT molecular complexity index is 941. The van der Waals surface area contributed by atoms with Gasteiger partial charge in [0.2, 0.25) is 5.91 Å². The quantitative estimate of drug-likeness (QED) is 0.623. The number of amides is 1. The first-order valence-corrected chi connectivity index (χ1v) is 12.2. The van der Waals surface area contributed by atoms with Gasteiger partial charge in [-0.25, -0.2) is 0 Å². The van der Waals surface area contributed by atoms with E-state index in [0.717, 1.165) is 29.7 Å². The fraction of sp³-hybridized carbons (Fsp3) is 0.500. The molecule has 0 spiro atoms. The van der Waals surface area contributed by atoms with E-state index in [1.54, 1.807) is 7.11 Å². The third-order valence-corrected chi connectivity index (χ3v) is 6.85. The molecule has 0 saturated carbocycles. The van der Waals surface area contributed by atoms with Gasteiger partial charge in [-0.2, -0.15) is 0 Å². The summed E-state index contributed by atoms with van der Waals surface area (Å²) >= 11 is 6.18. The summed E-state index contributed by atoms with van der Waals surface area (Å²) in [7, 11) is 1.65. The lowest BCUT2D eigenvalue weighted by molar-refractivity contribution is -0.158. The molecule has 0 aromatic heterocycles. The Labute approximate surface area is 205 Å². The lowest BCUT2D eigenvalue weighted by atomic mass is 9.94. The van der Waals surface area contributed by atoms with Crippen molar-refractivity contribution in [3.8, 4) is 5.75 Å². The molecule has 4 rings (SSSR count). The molecule has 2 N–H and O–H groups in total. The van der Waals surface area contributed by atoms with Crippen LogP contribution >= 0.6 is 11.6 Å². The van der Waals surface area contributed by atoms with Gasteiger partial charge in [0, 0.05) is 30.7 Å². The molecule has 0 bridgehead atoms. The normalized spacial score (nSPS) is 25.6. The molecule has 4 atom stereocenters. The van der Waals surface area contributed by atoms with Gasteiger partial charge in [-0.15, -0.1) is 0 Å². The topological polar surface area (TPSA) is 80.3 Å². The number of halogens is 1. The molecule has 2 heterocycles. The SMILES string of the molecule is COc1ccc(CN2C[C@H](O)COC[C@@H]3O[C@@H](CC(=O)NCc4ccccc4Cl)CC[C@H]32)cc1. The molecule has 0 unspecified atom stereocenters. The smallest absolute Gasteiger partial charge is 0.222 e. The van der Waals surface area contributed by atoms with E-state index in [4.69, 9.17) is 25.8 Å². The Balaban J connectivity index is 1.35. The van der Waals surface area contributed by atoms with E-state index < -0.39 is 6.10 Å². The molecule has 2 fully saturated rings. The monoisotopic (exact) mass is 488 g/mol. The maximum atomic E-state index is 12.6. The molecule has 7 nitrogen and oxygen atoms in total. The zero-order valence-electron chi connectivity index (χ0n) is 19.5. The van der Waals surface area contributed by atoms with Crippen molar-refractivity contribution in [1.29, 1.82) is 0 Å². The van der Waals surface area contributed by atoms with Crippen LogP contribution in [0.3, 0.4) is 0 Å². The summed E-state index contributed by atoms with van der Waals surface area (Å²) in [5.74, 6) is 0.764. The van der Waals surface area contributed by atoms with Crippen molar-refractivity contribution in [1.82, 2.24) is 10.2 Å². The van der Waals surface area contributed by atoms with Crippen LogP contribution in [0.2, 0.25) is 5.02 Å². The van der Waals surface area contributed by atoms with Crippen molar-refractivity contribution in [2.45, 2.75) is 56.7 Å². The van der Waals surface area contributed by atoms with Crippen molar-refractivity contribution in [2.75, 3.05) is 26.9 Å². The molecule has 2 aromatic carbocycles. The largest absolute Gasteiger partial charge is 0.497 e. The molecular formula is C26H33ClN2O5. The van der Waals surface area contributed by atoms with E-state index in [1.165, 1.54) is 0 Å². The highest BCUT2D eigenvalue weighted by Gasteiger charge is 2.38. The third-order valence-electron chi connectivity index (χ3n) is 6.48. The molecule has 2 aliphatic heterocycles. The molecule has 2 saturated heterocycles. The standard InChI is InChI=1S/C26H33ClN2O5/c1-32-21-8-6-18(7-9-21)14-29-15-20(30)16-33-17-25-24(29)11-10-22(34-25)12-26(31)28-13-19-4-2-3-5-23(19)27/h2-9,20,22,24-25,30H,10-17H2,1H3,(H,28,31)/t20-,22+,24+,25-/m0/s1. The summed E-state index contributed by atoms with van der Waals surface area (Å²) in [4.78, 5) is 14.8. The van der Waals surface area contributed by atoms with Crippen molar-refractivity contribution in [3.63, 3.8) is 0 Å². The number of methoxy groups -OCH3 is 1. The maximum absolute atomic E-state index is 12.6. The summed E-state index contributed by atoms with van der Waals surface area (Å²) < 4.78 is 17.3. The number of carbonyl (C=O) groups excluding carboxylic acids is 1. The van der Waals surface area contributed by atoms with Crippen molar-refractivity contribution < 1.29 is 24.1 Å². The van der Waals surface area contributed by atoms with E-state index in [0.29, 0.717) is 37.7 Å². The number of nitrogens with one attached hydrogen (secondary N) is 1. The Morgan fingerprint density at radius 1 is 1.18 bits per heavy atom. The number of ether oxygens (including phenoxy) is 3. The van der Waals surface area contributed by atoms with Crippen LogP contribution in [-0.2, 0) is 27.4 Å². The van der Waals surface area contributed by atoms with Crippen molar-refractivity contribution >= 4 is 17.5 Å². The number of benzene rings is 2. The summed E-state index contributed by atoms with van der Waals surface area (Å²) in [5, 5.41) is 14.0. The van der Waals surface area contributed by atoms with Gasteiger partial charge in [-0.05, 0) is 42.2 Å². The second-order valence-electron chi connectivity index (χ2n) is 8.98. The number of hydrogen-bond donors (Lipinski definition) is 2. The van der Waals surface area contributed by atoms with Gasteiger partial charge in [0.15, 0.2) is 0 Å². The van der Waals surface area contributed by atoms with Gasteiger partial charge in [-0.3, -0.25) is 9.69 Å². The van der Waals surface area contributed by atoms with Gasteiger partial charge in [0.25, 0.3) is 0 Å². The fourth-order valence-electron chi connectivity index (χ4n) is 4.71. The van der Waals surface area contributed by atoms with E-state index in [2.05, 4.69) is 10.2 Å². The average molecular weight is 489 g/mol. The lowest BCUT2D eigenvalue weighted by Crippen LogP contribution is -2.55. The Hall–Kier alpha value is -2.16. The molecule has 0 aliphatic carbocycles. The molecule has 184 valence electrons. The van der Waals surface area contributed by atoms with Crippen LogP contribution in [-0.4, -0.2) is 67.1 Å². The third kappa shape index (κ3) is 6.71. The predicted octanol–water partition coefficient (Wildman–Crippen LogP) is 3.16. The van der Waals surface area contributed by atoms with E-state index in [-0.39, 0.29) is 30.8 Å². The van der Waals surface area contributed by atoms with Crippen molar-refractivity contribution in [2.24, 2.45) is 0 Å². The zero-order chi connectivity index (χ0) is 23.9. The van der Waals surface area contributed by atoms with Crippen molar-refractivity contribution in [3.05, 3.63) is 64.7 Å². The molecule has 34 heavy (non-hydrogen) atoms. The summed E-state index contributed by atoms with van der Waals surface area (Å²) in [5.41, 5.74) is 2.04. The highest BCUT2D eigenvalue weighted by Crippen LogP contribution is 2.29. The Kier molecular flexibility index (Phi) is 8.80. The van der Waals surface area contributed by atoms with Crippen LogP contribution in [0.25, 0.3) is 0 Å². The van der Waals surface area contributed by atoms with E-state index in [1.807, 2.05) is 48.5 Å². The van der Waals surface area contributed by atoms with Crippen LogP contribution in [0.4, 0.5) is 0 Å². The Morgan fingerprint density at radius 3 is 2.74 bits per heavy atom. The maximum Gasteiger partial charge on any atom is 0.222 e. The van der Waals surface area contributed by atoms with Crippen LogP contribution in [0.1, 0.15) is 30.4 Å². The zero-order valence-corrected chi connectivity index (χ0v) is 20.2. The number of rotatable bonds is 7. The molecule has 2 aromatic rings. The minimum Gasteiger partial charge on any atom is -0.497 e. The average Bonchev–Trinajstić information content (AvgIpc) is 2.83. The van der Waals surface area contributed by atoms with Crippen LogP contribution in [0.5, 0.6) is 5.75 Å². The van der Waals surface area contributed by atoms with Gasteiger partial charge in [-0.1, -0.05) is 41.9 Å². The first-order valence-electron chi connectivity index (χ1n) is 11.8. The fourth-order valence-corrected chi connectivity index (χ4v) is 4.91. The number of β-amino-alcohol motifs (C(OH)–C–C–N with tert-alkyl or cyclic N) is 1. The summed E-state index contributed by atoms with van der Waals surface area (Å²) in [6.07, 6.45) is 1.08. The predicted molar refractivity (Wildman–Crippen MR) is 130 cm³/mol. The van der Waals surface area contributed by atoms with Crippen LogP contribution in [0.15, 0.2) is 48.5 Å².